The highest BCUT2D eigenvalue weighted by Crippen LogP contribution is 2.20. The fraction of sp³-hybridized carbons (Fsp3) is 0.474. The second-order valence-corrected chi connectivity index (χ2v) is 6.92. The van der Waals surface area contributed by atoms with Gasteiger partial charge in [-0.05, 0) is 24.9 Å². The standard InChI is InChI=1S/C19H25N5O/c25-19(18-16-12-20-9-8-17(16)22-23-18)21-11-15-7-4-10-24(15)13-14-5-2-1-3-6-14/h1-3,5-6,15,20H,4,7-13H2,(H,21,25)(H,22,23). The maximum absolute atomic E-state index is 12.6. The van der Waals surface area contributed by atoms with Crippen LogP contribution in [0, 0.1) is 0 Å². The fourth-order valence-electron chi connectivity index (χ4n) is 3.86. The Hall–Kier alpha value is -2.18. The summed E-state index contributed by atoms with van der Waals surface area (Å²) in [5, 5.41) is 13.7. The van der Waals surface area contributed by atoms with Crippen molar-refractivity contribution in [2.75, 3.05) is 19.6 Å². The van der Waals surface area contributed by atoms with Crippen molar-refractivity contribution in [2.24, 2.45) is 0 Å². The number of carbonyl (C=O) groups is 1. The van der Waals surface area contributed by atoms with Crippen molar-refractivity contribution in [3.8, 4) is 0 Å². The molecule has 132 valence electrons. The van der Waals surface area contributed by atoms with Gasteiger partial charge in [0, 0.05) is 49.9 Å². The molecule has 0 bridgehead atoms. The minimum absolute atomic E-state index is 0.0623. The summed E-state index contributed by atoms with van der Waals surface area (Å²) in [4.78, 5) is 15.0. The quantitative estimate of drug-likeness (QED) is 0.771. The third-order valence-electron chi connectivity index (χ3n) is 5.25. The molecule has 3 N–H and O–H groups in total. The van der Waals surface area contributed by atoms with Crippen molar-refractivity contribution in [3.05, 3.63) is 52.8 Å². The van der Waals surface area contributed by atoms with Gasteiger partial charge >= 0.3 is 0 Å². The Morgan fingerprint density at radius 3 is 3.08 bits per heavy atom. The molecule has 3 heterocycles. The third-order valence-corrected chi connectivity index (χ3v) is 5.25. The average molecular weight is 339 g/mol. The second kappa shape index (κ2) is 7.37. The molecule has 1 atom stereocenters. The van der Waals surface area contributed by atoms with E-state index >= 15 is 0 Å². The number of rotatable bonds is 5. The first-order chi connectivity index (χ1) is 12.3. The molecule has 0 spiro atoms. The Balaban J connectivity index is 1.35. The minimum Gasteiger partial charge on any atom is -0.349 e. The van der Waals surface area contributed by atoms with Gasteiger partial charge in [-0.15, -0.1) is 0 Å². The first kappa shape index (κ1) is 16.3. The summed E-state index contributed by atoms with van der Waals surface area (Å²) < 4.78 is 0. The molecule has 6 nitrogen and oxygen atoms in total. The second-order valence-electron chi connectivity index (χ2n) is 6.92. The SMILES string of the molecule is O=C(NCC1CCCN1Cc1ccccc1)c1n[nH]c2c1CNCC2. The molecule has 2 aliphatic heterocycles. The molecular formula is C19H25N5O. The molecule has 4 rings (SSSR count). The Labute approximate surface area is 148 Å². The highest BCUT2D eigenvalue weighted by Gasteiger charge is 2.26. The van der Waals surface area contributed by atoms with Crippen molar-refractivity contribution < 1.29 is 4.79 Å². The number of H-pyrrole nitrogens is 1. The van der Waals surface area contributed by atoms with Crippen LogP contribution in [-0.2, 0) is 19.5 Å². The summed E-state index contributed by atoms with van der Waals surface area (Å²) in [7, 11) is 0. The zero-order chi connectivity index (χ0) is 17.1. The van der Waals surface area contributed by atoms with Gasteiger partial charge in [-0.25, -0.2) is 0 Å². The average Bonchev–Trinajstić information content (AvgIpc) is 3.27. The number of amides is 1. The van der Waals surface area contributed by atoms with Crippen LogP contribution in [0.3, 0.4) is 0 Å². The summed E-state index contributed by atoms with van der Waals surface area (Å²) in [5.74, 6) is -0.0623. The molecule has 6 heteroatoms. The van der Waals surface area contributed by atoms with Crippen LogP contribution in [-0.4, -0.2) is 46.7 Å². The molecule has 1 fully saturated rings. The molecule has 1 aromatic carbocycles. The number of carbonyl (C=O) groups excluding carboxylic acids is 1. The molecule has 25 heavy (non-hydrogen) atoms. The number of likely N-dealkylation sites (tertiary alicyclic amines) is 1. The fourth-order valence-corrected chi connectivity index (χ4v) is 3.86. The molecule has 0 saturated carbocycles. The zero-order valence-electron chi connectivity index (χ0n) is 14.4. The first-order valence-electron chi connectivity index (χ1n) is 9.14. The van der Waals surface area contributed by atoms with E-state index < -0.39 is 0 Å². The van der Waals surface area contributed by atoms with Crippen LogP contribution >= 0.6 is 0 Å². The molecule has 1 aromatic heterocycles. The van der Waals surface area contributed by atoms with Gasteiger partial charge in [0.1, 0.15) is 0 Å². The first-order valence-corrected chi connectivity index (χ1v) is 9.14. The number of hydrogen-bond donors (Lipinski definition) is 3. The molecule has 1 unspecified atom stereocenters. The van der Waals surface area contributed by atoms with Crippen molar-refractivity contribution in [2.45, 2.75) is 38.4 Å². The maximum Gasteiger partial charge on any atom is 0.272 e. The van der Waals surface area contributed by atoms with Gasteiger partial charge in [-0.3, -0.25) is 14.8 Å². The molecule has 0 radical (unpaired) electrons. The van der Waals surface area contributed by atoms with Crippen LogP contribution in [0.4, 0.5) is 0 Å². The normalized spacial score (nSPS) is 20.4. The Kier molecular flexibility index (Phi) is 4.81. The summed E-state index contributed by atoms with van der Waals surface area (Å²) in [5.41, 5.74) is 4.00. The van der Waals surface area contributed by atoms with Crippen LogP contribution in [0.25, 0.3) is 0 Å². The summed E-state index contributed by atoms with van der Waals surface area (Å²) in [6.45, 7) is 4.38. The van der Waals surface area contributed by atoms with Crippen LogP contribution in [0.5, 0.6) is 0 Å². The smallest absolute Gasteiger partial charge is 0.272 e. The van der Waals surface area contributed by atoms with E-state index in [9.17, 15) is 4.79 Å². The van der Waals surface area contributed by atoms with Crippen molar-refractivity contribution in [1.29, 1.82) is 0 Å². The molecule has 2 aromatic rings. The summed E-state index contributed by atoms with van der Waals surface area (Å²) in [6.07, 6.45) is 3.23. The van der Waals surface area contributed by atoms with Gasteiger partial charge in [0.25, 0.3) is 5.91 Å². The van der Waals surface area contributed by atoms with Crippen molar-refractivity contribution in [3.63, 3.8) is 0 Å². The Morgan fingerprint density at radius 1 is 1.32 bits per heavy atom. The third kappa shape index (κ3) is 3.60. The topological polar surface area (TPSA) is 73.0 Å². The van der Waals surface area contributed by atoms with E-state index in [1.54, 1.807) is 0 Å². The highest BCUT2D eigenvalue weighted by molar-refractivity contribution is 5.94. The lowest BCUT2D eigenvalue weighted by Gasteiger charge is -2.24. The van der Waals surface area contributed by atoms with Crippen molar-refractivity contribution in [1.82, 2.24) is 25.7 Å². The highest BCUT2D eigenvalue weighted by atomic mass is 16.1. The number of aromatic amines is 1. The number of benzene rings is 1. The van der Waals surface area contributed by atoms with E-state index in [1.807, 2.05) is 6.07 Å². The van der Waals surface area contributed by atoms with Gasteiger partial charge in [-0.2, -0.15) is 5.10 Å². The van der Waals surface area contributed by atoms with E-state index in [0.29, 0.717) is 18.3 Å². The Morgan fingerprint density at radius 2 is 2.20 bits per heavy atom. The summed E-state index contributed by atoms with van der Waals surface area (Å²) >= 11 is 0. The van der Waals surface area contributed by atoms with Crippen LogP contribution in [0.1, 0.15) is 40.2 Å². The van der Waals surface area contributed by atoms with Gasteiger partial charge in [-0.1, -0.05) is 30.3 Å². The molecule has 0 aliphatic carbocycles. The van der Waals surface area contributed by atoms with Gasteiger partial charge in [0.05, 0.1) is 0 Å². The van der Waals surface area contributed by atoms with E-state index in [4.69, 9.17) is 0 Å². The number of aromatic nitrogens is 2. The summed E-state index contributed by atoms with van der Waals surface area (Å²) in [6, 6.07) is 10.9. The predicted octanol–water partition coefficient (Wildman–Crippen LogP) is 1.45. The zero-order valence-corrected chi connectivity index (χ0v) is 14.4. The van der Waals surface area contributed by atoms with Crippen molar-refractivity contribution >= 4 is 5.91 Å². The lowest BCUT2D eigenvalue weighted by molar-refractivity contribution is 0.0933. The monoisotopic (exact) mass is 339 g/mol. The number of fused-ring (bicyclic) bond motifs is 1. The minimum atomic E-state index is -0.0623. The predicted molar refractivity (Wildman–Crippen MR) is 96.2 cm³/mol. The number of hydrogen-bond acceptors (Lipinski definition) is 4. The number of nitrogens with zero attached hydrogens (tertiary/aromatic N) is 2. The molecule has 1 saturated heterocycles. The number of nitrogens with one attached hydrogen (secondary N) is 3. The molecule has 2 aliphatic rings. The van der Waals surface area contributed by atoms with E-state index in [1.165, 1.54) is 12.0 Å². The van der Waals surface area contributed by atoms with Crippen LogP contribution in [0.15, 0.2) is 30.3 Å². The van der Waals surface area contributed by atoms with Crippen LogP contribution in [0.2, 0.25) is 0 Å². The van der Waals surface area contributed by atoms with Crippen LogP contribution < -0.4 is 10.6 Å². The lowest BCUT2D eigenvalue weighted by Crippen LogP contribution is -2.40. The van der Waals surface area contributed by atoms with Gasteiger partial charge in [0.15, 0.2) is 5.69 Å². The van der Waals surface area contributed by atoms with E-state index in [0.717, 1.165) is 50.3 Å². The molecule has 1 amide bonds. The maximum atomic E-state index is 12.6. The Bertz CT molecular complexity index is 727. The van der Waals surface area contributed by atoms with Gasteiger partial charge < -0.3 is 10.6 Å². The van der Waals surface area contributed by atoms with Gasteiger partial charge in [0.2, 0.25) is 0 Å². The molecular weight excluding hydrogens is 314 g/mol. The van der Waals surface area contributed by atoms with E-state index in [-0.39, 0.29) is 5.91 Å². The largest absolute Gasteiger partial charge is 0.349 e. The lowest BCUT2D eigenvalue weighted by atomic mass is 10.1. The van der Waals surface area contributed by atoms with E-state index in [2.05, 4.69) is 50.0 Å².